The van der Waals surface area contributed by atoms with Crippen molar-refractivity contribution in [1.29, 1.82) is 0 Å². The number of anilines is 1. The second-order valence-electron chi connectivity index (χ2n) is 4.08. The average molecular weight is 269 g/mol. The first-order valence-electron chi connectivity index (χ1n) is 5.62. The highest BCUT2D eigenvalue weighted by Crippen LogP contribution is 2.36. The molecule has 0 fully saturated rings. The van der Waals surface area contributed by atoms with Crippen molar-refractivity contribution in [2.45, 2.75) is 18.8 Å². The van der Waals surface area contributed by atoms with Crippen molar-refractivity contribution in [3.05, 3.63) is 11.3 Å². The highest BCUT2D eigenvalue weighted by molar-refractivity contribution is 7.98. The number of hydrogen-bond acceptors (Lipinski definition) is 5. The normalized spacial score (nSPS) is 18.1. The first-order valence-corrected chi connectivity index (χ1v) is 7.02. The van der Waals surface area contributed by atoms with Gasteiger partial charge in [0.1, 0.15) is 5.69 Å². The summed E-state index contributed by atoms with van der Waals surface area (Å²) in [4.78, 5) is 23.2. The lowest BCUT2D eigenvalue weighted by molar-refractivity contribution is -0.116. The van der Waals surface area contributed by atoms with Crippen LogP contribution in [-0.4, -0.2) is 41.2 Å². The molecule has 1 amide bonds. The number of rotatable bonds is 4. The standard InChI is InChI=1S/C11H15N3O3S/c1-17-11(16)9-8-6(3-4-18-2)5-7(15)12-10(8)14-13-9/h6H,3-5H2,1-2H3,(H2,12,13,14,15). The minimum Gasteiger partial charge on any atom is -0.464 e. The van der Waals surface area contributed by atoms with Crippen LogP contribution in [0.4, 0.5) is 5.82 Å². The molecule has 0 saturated carbocycles. The molecule has 1 aromatic rings. The lowest BCUT2D eigenvalue weighted by Crippen LogP contribution is -2.24. The number of aromatic amines is 1. The highest BCUT2D eigenvalue weighted by atomic mass is 32.2. The van der Waals surface area contributed by atoms with Crippen molar-refractivity contribution in [2.24, 2.45) is 0 Å². The molecule has 7 heteroatoms. The highest BCUT2D eigenvalue weighted by Gasteiger charge is 2.32. The van der Waals surface area contributed by atoms with Gasteiger partial charge in [0.2, 0.25) is 5.91 Å². The lowest BCUT2D eigenvalue weighted by Gasteiger charge is -2.22. The minimum absolute atomic E-state index is 0.0223. The second-order valence-corrected chi connectivity index (χ2v) is 5.07. The van der Waals surface area contributed by atoms with Crippen LogP contribution in [0.2, 0.25) is 0 Å². The maximum Gasteiger partial charge on any atom is 0.356 e. The zero-order chi connectivity index (χ0) is 13.1. The Labute approximate surface area is 109 Å². The number of ether oxygens (including phenoxy) is 1. The van der Waals surface area contributed by atoms with Gasteiger partial charge in [0, 0.05) is 12.0 Å². The van der Waals surface area contributed by atoms with Gasteiger partial charge in [-0.2, -0.15) is 16.9 Å². The number of aromatic nitrogens is 2. The van der Waals surface area contributed by atoms with E-state index < -0.39 is 5.97 Å². The van der Waals surface area contributed by atoms with Crippen molar-refractivity contribution >= 4 is 29.5 Å². The fraction of sp³-hybridized carbons (Fsp3) is 0.545. The molecule has 0 bridgehead atoms. The van der Waals surface area contributed by atoms with Crippen LogP contribution in [0.1, 0.15) is 34.8 Å². The minimum atomic E-state index is -0.450. The van der Waals surface area contributed by atoms with E-state index in [1.807, 2.05) is 6.26 Å². The molecule has 1 aromatic heterocycles. The number of carbonyl (C=O) groups is 2. The van der Waals surface area contributed by atoms with Gasteiger partial charge in [0.25, 0.3) is 0 Å². The number of H-pyrrole nitrogens is 1. The van der Waals surface area contributed by atoms with E-state index in [0.29, 0.717) is 17.9 Å². The van der Waals surface area contributed by atoms with Crippen LogP contribution in [0.25, 0.3) is 0 Å². The molecule has 6 nitrogen and oxygen atoms in total. The third-order valence-corrected chi connectivity index (χ3v) is 3.61. The van der Waals surface area contributed by atoms with Gasteiger partial charge in [0.05, 0.1) is 7.11 Å². The van der Waals surface area contributed by atoms with E-state index in [0.717, 1.165) is 17.7 Å². The van der Waals surface area contributed by atoms with Gasteiger partial charge >= 0.3 is 5.97 Å². The molecule has 98 valence electrons. The Morgan fingerprint density at radius 3 is 3.06 bits per heavy atom. The summed E-state index contributed by atoms with van der Waals surface area (Å²) in [6.07, 6.45) is 3.24. The summed E-state index contributed by atoms with van der Waals surface area (Å²) in [6.45, 7) is 0. The number of carbonyl (C=O) groups excluding carboxylic acids is 2. The van der Waals surface area contributed by atoms with Gasteiger partial charge in [-0.3, -0.25) is 9.89 Å². The molecule has 18 heavy (non-hydrogen) atoms. The molecule has 2 heterocycles. The molecule has 0 saturated heterocycles. The first kappa shape index (κ1) is 12.9. The van der Waals surface area contributed by atoms with Crippen LogP contribution < -0.4 is 5.32 Å². The van der Waals surface area contributed by atoms with Crippen LogP contribution in [0.5, 0.6) is 0 Å². The van der Waals surface area contributed by atoms with E-state index in [-0.39, 0.29) is 11.8 Å². The monoisotopic (exact) mass is 269 g/mol. The Bertz CT molecular complexity index is 472. The zero-order valence-electron chi connectivity index (χ0n) is 10.3. The molecule has 0 radical (unpaired) electrons. The molecule has 1 atom stereocenters. The van der Waals surface area contributed by atoms with Crippen LogP contribution in [-0.2, 0) is 9.53 Å². The number of hydrogen-bond donors (Lipinski definition) is 2. The van der Waals surface area contributed by atoms with Crippen molar-refractivity contribution < 1.29 is 14.3 Å². The van der Waals surface area contributed by atoms with Crippen molar-refractivity contribution in [3.63, 3.8) is 0 Å². The Morgan fingerprint density at radius 1 is 1.61 bits per heavy atom. The topological polar surface area (TPSA) is 84.1 Å². The maximum absolute atomic E-state index is 11.6. The molecule has 0 spiro atoms. The van der Waals surface area contributed by atoms with Crippen molar-refractivity contribution in [1.82, 2.24) is 10.2 Å². The maximum atomic E-state index is 11.6. The number of esters is 1. The first-order chi connectivity index (χ1) is 8.67. The summed E-state index contributed by atoms with van der Waals surface area (Å²) in [5, 5.41) is 9.29. The van der Waals surface area contributed by atoms with E-state index in [9.17, 15) is 9.59 Å². The number of fused-ring (bicyclic) bond motifs is 1. The Kier molecular flexibility index (Phi) is 3.90. The van der Waals surface area contributed by atoms with Gasteiger partial charge in [-0.1, -0.05) is 0 Å². The molecular formula is C11H15N3O3S. The SMILES string of the molecule is COC(=O)c1[nH]nc2c1C(CCSC)CC(=O)N2. The lowest BCUT2D eigenvalue weighted by atomic mass is 9.89. The number of amides is 1. The quantitative estimate of drug-likeness (QED) is 0.807. The predicted octanol–water partition coefficient (Wildman–Crippen LogP) is 1.38. The molecule has 0 aliphatic carbocycles. The molecular weight excluding hydrogens is 254 g/mol. The molecule has 2 N–H and O–H groups in total. The Balaban J connectivity index is 2.34. The Morgan fingerprint density at radius 2 is 2.39 bits per heavy atom. The molecule has 1 aliphatic rings. The average Bonchev–Trinajstić information content (AvgIpc) is 2.78. The van der Waals surface area contributed by atoms with Gasteiger partial charge < -0.3 is 10.1 Å². The van der Waals surface area contributed by atoms with Gasteiger partial charge in [-0.25, -0.2) is 4.79 Å². The number of methoxy groups -OCH3 is 1. The summed E-state index contributed by atoms with van der Waals surface area (Å²) in [6, 6.07) is 0. The van der Waals surface area contributed by atoms with E-state index in [1.54, 1.807) is 11.8 Å². The van der Waals surface area contributed by atoms with E-state index in [1.165, 1.54) is 7.11 Å². The van der Waals surface area contributed by atoms with E-state index in [4.69, 9.17) is 4.74 Å². The summed E-state index contributed by atoms with van der Waals surface area (Å²) >= 11 is 1.72. The summed E-state index contributed by atoms with van der Waals surface area (Å²) in [5.41, 5.74) is 1.12. The molecule has 2 rings (SSSR count). The van der Waals surface area contributed by atoms with E-state index in [2.05, 4.69) is 15.5 Å². The third-order valence-electron chi connectivity index (χ3n) is 2.96. The number of nitrogens with zero attached hydrogens (tertiary/aromatic N) is 1. The summed E-state index contributed by atoms with van der Waals surface area (Å²) in [7, 11) is 1.33. The number of thioether (sulfide) groups is 1. The smallest absolute Gasteiger partial charge is 0.356 e. The van der Waals surface area contributed by atoms with Crippen molar-refractivity contribution in [2.75, 3.05) is 24.4 Å². The fourth-order valence-corrected chi connectivity index (χ4v) is 2.64. The third kappa shape index (κ3) is 2.35. The second kappa shape index (κ2) is 5.43. The number of nitrogens with one attached hydrogen (secondary N) is 2. The van der Waals surface area contributed by atoms with E-state index >= 15 is 0 Å². The Hall–Kier alpha value is -1.50. The summed E-state index contributed by atoms with van der Waals surface area (Å²) in [5.74, 6) is 0.903. The summed E-state index contributed by atoms with van der Waals surface area (Å²) < 4.78 is 4.71. The fourth-order valence-electron chi connectivity index (χ4n) is 2.12. The molecule has 1 aliphatic heterocycles. The van der Waals surface area contributed by atoms with Gasteiger partial charge in [0.15, 0.2) is 5.82 Å². The molecule has 0 aromatic carbocycles. The molecule has 1 unspecified atom stereocenters. The largest absolute Gasteiger partial charge is 0.464 e. The van der Waals surface area contributed by atoms with Crippen LogP contribution in [0.3, 0.4) is 0 Å². The van der Waals surface area contributed by atoms with Gasteiger partial charge in [-0.05, 0) is 24.3 Å². The van der Waals surface area contributed by atoms with Crippen molar-refractivity contribution in [3.8, 4) is 0 Å². The van der Waals surface area contributed by atoms with Gasteiger partial charge in [-0.15, -0.1) is 0 Å². The van der Waals surface area contributed by atoms with Crippen LogP contribution in [0, 0.1) is 0 Å². The van der Waals surface area contributed by atoms with Crippen LogP contribution >= 0.6 is 11.8 Å². The van der Waals surface area contributed by atoms with Crippen LogP contribution in [0.15, 0.2) is 0 Å². The zero-order valence-corrected chi connectivity index (χ0v) is 11.1. The predicted molar refractivity (Wildman–Crippen MR) is 68.9 cm³/mol.